The Morgan fingerprint density at radius 2 is 1.77 bits per heavy atom. The summed E-state index contributed by atoms with van der Waals surface area (Å²) >= 11 is 5.86. The number of rotatable bonds is 3. The molecule has 1 saturated carbocycles. The molecule has 2 aromatic rings. The van der Waals surface area contributed by atoms with Crippen LogP contribution in [-0.2, 0) is 6.18 Å². The molecule has 2 atom stereocenters. The molecule has 10 heteroatoms. The molecule has 2 aromatic carbocycles. The second kappa shape index (κ2) is 9.65. The van der Waals surface area contributed by atoms with E-state index >= 15 is 0 Å². The van der Waals surface area contributed by atoms with Crippen molar-refractivity contribution in [1.82, 2.24) is 5.32 Å². The van der Waals surface area contributed by atoms with Gasteiger partial charge in [0.25, 0.3) is 5.91 Å². The van der Waals surface area contributed by atoms with Crippen molar-refractivity contribution in [2.75, 3.05) is 5.32 Å². The van der Waals surface area contributed by atoms with Gasteiger partial charge in [-0.15, -0.1) is 0 Å². The van der Waals surface area contributed by atoms with Crippen molar-refractivity contribution in [2.45, 2.75) is 44.0 Å². The molecule has 0 spiro atoms. The SMILES string of the molecule is O=C(/N=C(/Nc1cc(F)cc(Cl)c1)N[C@H]1CCCC[C@H]1O)c1ccc(C(F)(F)F)cc1. The van der Waals surface area contributed by atoms with Gasteiger partial charge in [-0.25, -0.2) is 4.39 Å². The number of aliphatic hydroxyl groups excluding tert-OH is 1. The van der Waals surface area contributed by atoms with Gasteiger partial charge in [0.2, 0.25) is 5.96 Å². The number of guanidine groups is 1. The first-order valence-corrected chi connectivity index (χ1v) is 9.97. The maximum absolute atomic E-state index is 13.7. The van der Waals surface area contributed by atoms with Gasteiger partial charge in [0, 0.05) is 16.3 Å². The first-order valence-electron chi connectivity index (χ1n) is 9.60. The Morgan fingerprint density at radius 3 is 2.39 bits per heavy atom. The van der Waals surface area contributed by atoms with Crippen molar-refractivity contribution in [1.29, 1.82) is 0 Å². The van der Waals surface area contributed by atoms with Crippen LogP contribution in [0, 0.1) is 5.82 Å². The highest BCUT2D eigenvalue weighted by molar-refractivity contribution is 6.31. The van der Waals surface area contributed by atoms with E-state index < -0.39 is 35.6 Å². The Hall–Kier alpha value is -2.65. The summed E-state index contributed by atoms with van der Waals surface area (Å²) in [5.74, 6) is -1.49. The molecule has 0 bridgehead atoms. The highest BCUT2D eigenvalue weighted by Gasteiger charge is 2.30. The molecule has 1 amide bonds. The van der Waals surface area contributed by atoms with Crippen LogP contribution >= 0.6 is 11.6 Å². The smallest absolute Gasteiger partial charge is 0.391 e. The molecule has 5 nitrogen and oxygen atoms in total. The summed E-state index contributed by atoms with van der Waals surface area (Å²) in [5.41, 5.74) is -0.735. The third kappa shape index (κ3) is 6.41. The zero-order valence-corrected chi connectivity index (χ0v) is 17.0. The van der Waals surface area contributed by atoms with Crippen LogP contribution in [0.15, 0.2) is 47.5 Å². The third-order valence-corrected chi connectivity index (χ3v) is 5.07. The lowest BCUT2D eigenvalue weighted by Gasteiger charge is -2.29. The van der Waals surface area contributed by atoms with Crippen LogP contribution in [0.4, 0.5) is 23.2 Å². The van der Waals surface area contributed by atoms with Gasteiger partial charge in [-0.05, 0) is 55.3 Å². The lowest BCUT2D eigenvalue weighted by Crippen LogP contribution is -2.47. The number of anilines is 1. The Bertz CT molecular complexity index is 944. The van der Waals surface area contributed by atoms with E-state index in [9.17, 15) is 27.5 Å². The molecule has 1 aliphatic carbocycles. The van der Waals surface area contributed by atoms with Gasteiger partial charge in [-0.1, -0.05) is 24.4 Å². The normalized spacial score (nSPS) is 19.7. The largest absolute Gasteiger partial charge is 0.416 e. The van der Waals surface area contributed by atoms with Crippen LogP contribution in [0.5, 0.6) is 0 Å². The quantitative estimate of drug-likeness (QED) is 0.344. The zero-order valence-electron chi connectivity index (χ0n) is 16.2. The minimum absolute atomic E-state index is 0.0597. The van der Waals surface area contributed by atoms with Gasteiger partial charge in [0.1, 0.15) is 5.82 Å². The number of aliphatic hydroxyl groups is 1. The fourth-order valence-corrected chi connectivity index (χ4v) is 3.50. The standard InChI is InChI=1S/C21H20ClF4N3O2/c22-14-9-15(23)11-16(10-14)27-20(28-17-3-1-2-4-18(17)30)29-19(31)12-5-7-13(8-6-12)21(24,25)26/h5-11,17-18,30H,1-4H2,(H2,27,28,29,31)/t17-,18+/m0/s1. The van der Waals surface area contributed by atoms with E-state index in [4.69, 9.17) is 11.6 Å². The zero-order chi connectivity index (χ0) is 22.6. The van der Waals surface area contributed by atoms with Crippen LogP contribution in [0.25, 0.3) is 0 Å². The Kier molecular flexibility index (Phi) is 7.17. The van der Waals surface area contributed by atoms with E-state index in [0.29, 0.717) is 12.8 Å². The number of halogens is 5. The lowest BCUT2D eigenvalue weighted by molar-refractivity contribution is -0.137. The fourth-order valence-electron chi connectivity index (χ4n) is 3.28. The Balaban J connectivity index is 1.86. The molecular formula is C21H20ClF4N3O2. The number of carbonyl (C=O) groups excluding carboxylic acids is 1. The van der Waals surface area contributed by atoms with Crippen LogP contribution in [-0.4, -0.2) is 29.1 Å². The van der Waals surface area contributed by atoms with Crippen molar-refractivity contribution in [3.05, 3.63) is 64.4 Å². The lowest BCUT2D eigenvalue weighted by atomic mass is 9.93. The summed E-state index contributed by atoms with van der Waals surface area (Å²) in [5, 5.41) is 16.1. The summed E-state index contributed by atoms with van der Waals surface area (Å²) in [6.07, 6.45) is -2.27. The Labute approximate surface area is 181 Å². The molecule has 0 aliphatic heterocycles. The van der Waals surface area contributed by atoms with Crippen molar-refractivity contribution in [3.8, 4) is 0 Å². The molecule has 3 rings (SSSR count). The van der Waals surface area contributed by atoms with E-state index in [1.807, 2.05) is 0 Å². The monoisotopic (exact) mass is 457 g/mol. The molecule has 0 aromatic heterocycles. The van der Waals surface area contributed by atoms with E-state index in [1.165, 1.54) is 6.07 Å². The number of aliphatic imine (C=N–C) groups is 1. The predicted molar refractivity (Wildman–Crippen MR) is 110 cm³/mol. The molecule has 166 valence electrons. The van der Waals surface area contributed by atoms with E-state index in [-0.39, 0.29) is 22.2 Å². The summed E-state index contributed by atoms with van der Waals surface area (Å²) in [7, 11) is 0. The number of benzene rings is 2. The average Bonchev–Trinajstić information content (AvgIpc) is 2.68. The molecule has 1 fully saturated rings. The number of carbonyl (C=O) groups is 1. The Morgan fingerprint density at radius 1 is 1.10 bits per heavy atom. The number of nitrogens with one attached hydrogen (secondary N) is 2. The predicted octanol–water partition coefficient (Wildman–Crippen LogP) is 5.00. The maximum Gasteiger partial charge on any atom is 0.416 e. The van der Waals surface area contributed by atoms with Gasteiger partial charge in [-0.3, -0.25) is 4.79 Å². The first kappa shape index (κ1) is 23.0. The third-order valence-electron chi connectivity index (χ3n) is 4.85. The molecule has 1 aliphatic rings. The van der Waals surface area contributed by atoms with Crippen molar-refractivity contribution < 1.29 is 27.5 Å². The second-order valence-electron chi connectivity index (χ2n) is 7.23. The summed E-state index contributed by atoms with van der Waals surface area (Å²) < 4.78 is 51.9. The van der Waals surface area contributed by atoms with Crippen molar-refractivity contribution in [3.63, 3.8) is 0 Å². The number of hydrogen-bond acceptors (Lipinski definition) is 2. The average molecular weight is 458 g/mol. The van der Waals surface area contributed by atoms with Gasteiger partial charge in [-0.2, -0.15) is 18.2 Å². The molecular weight excluding hydrogens is 438 g/mol. The number of nitrogens with zero attached hydrogens (tertiary/aromatic N) is 1. The van der Waals surface area contributed by atoms with Gasteiger partial charge >= 0.3 is 6.18 Å². The van der Waals surface area contributed by atoms with Gasteiger partial charge in [0.15, 0.2) is 0 Å². The van der Waals surface area contributed by atoms with Crippen LogP contribution < -0.4 is 10.6 Å². The summed E-state index contributed by atoms with van der Waals surface area (Å²) in [6, 6.07) is 6.91. The van der Waals surface area contributed by atoms with E-state index in [1.54, 1.807) is 0 Å². The number of hydrogen-bond donors (Lipinski definition) is 3. The topological polar surface area (TPSA) is 73.7 Å². The summed E-state index contributed by atoms with van der Waals surface area (Å²) in [6.45, 7) is 0. The van der Waals surface area contributed by atoms with Gasteiger partial charge < -0.3 is 15.7 Å². The minimum Gasteiger partial charge on any atom is -0.391 e. The first-order chi connectivity index (χ1) is 14.6. The molecule has 0 saturated heterocycles. The minimum atomic E-state index is -4.52. The molecule has 31 heavy (non-hydrogen) atoms. The van der Waals surface area contributed by atoms with Gasteiger partial charge in [0.05, 0.1) is 17.7 Å². The molecule has 0 unspecified atom stereocenters. The number of amides is 1. The van der Waals surface area contributed by atoms with Crippen LogP contribution in [0.3, 0.4) is 0 Å². The maximum atomic E-state index is 13.7. The van der Waals surface area contributed by atoms with Crippen LogP contribution in [0.1, 0.15) is 41.6 Å². The summed E-state index contributed by atoms with van der Waals surface area (Å²) in [4.78, 5) is 16.5. The molecule has 0 radical (unpaired) electrons. The van der Waals surface area contributed by atoms with Crippen LogP contribution in [0.2, 0.25) is 5.02 Å². The van der Waals surface area contributed by atoms with Crippen molar-refractivity contribution in [2.24, 2.45) is 4.99 Å². The molecule has 3 N–H and O–H groups in total. The van der Waals surface area contributed by atoms with E-state index in [0.717, 1.165) is 49.2 Å². The van der Waals surface area contributed by atoms with Crippen molar-refractivity contribution >= 4 is 29.2 Å². The van der Waals surface area contributed by atoms with E-state index in [2.05, 4.69) is 15.6 Å². The number of alkyl halides is 3. The molecule has 0 heterocycles. The second-order valence-corrected chi connectivity index (χ2v) is 7.66. The highest BCUT2D eigenvalue weighted by Crippen LogP contribution is 2.29. The fraction of sp³-hybridized carbons (Fsp3) is 0.333. The highest BCUT2D eigenvalue weighted by atomic mass is 35.5.